The van der Waals surface area contributed by atoms with E-state index in [9.17, 15) is 27.6 Å². The summed E-state index contributed by atoms with van der Waals surface area (Å²) < 4.78 is 31.7. The number of Topliss-reactive ketones (excluding diaryl/α,β-unsaturated/α-hetero) is 1. The van der Waals surface area contributed by atoms with Crippen molar-refractivity contribution < 1.29 is 37.5 Å². The van der Waals surface area contributed by atoms with Gasteiger partial charge in [-0.2, -0.15) is 13.2 Å². The van der Waals surface area contributed by atoms with Gasteiger partial charge in [0.2, 0.25) is 12.2 Å². The summed E-state index contributed by atoms with van der Waals surface area (Å²) in [5, 5.41) is 13.1. The first-order chi connectivity index (χ1) is 13.1. The zero-order valence-electron chi connectivity index (χ0n) is 15.6. The molecule has 1 atom stereocenters. The van der Waals surface area contributed by atoms with Crippen LogP contribution < -0.4 is 10.6 Å². The maximum Gasteiger partial charge on any atom is 0.490 e. The predicted molar refractivity (Wildman–Crippen MR) is 92.3 cm³/mol. The highest BCUT2D eigenvalue weighted by Gasteiger charge is 2.38. The SMILES string of the molecule is CC(C(=O)C(=O)NCC1CC1)N(C=O)CC1CCNCC1.O=C(O)C(F)(F)F. The van der Waals surface area contributed by atoms with Gasteiger partial charge < -0.3 is 20.6 Å². The van der Waals surface area contributed by atoms with E-state index in [1.165, 1.54) is 4.90 Å². The van der Waals surface area contributed by atoms with Gasteiger partial charge in [-0.25, -0.2) is 4.79 Å². The van der Waals surface area contributed by atoms with E-state index in [0.717, 1.165) is 38.8 Å². The van der Waals surface area contributed by atoms with Crippen molar-refractivity contribution in [2.24, 2.45) is 11.8 Å². The molecule has 11 heteroatoms. The average molecular weight is 409 g/mol. The van der Waals surface area contributed by atoms with Gasteiger partial charge in [-0.3, -0.25) is 14.4 Å². The number of hydrogen-bond acceptors (Lipinski definition) is 5. The molecule has 1 aliphatic carbocycles. The van der Waals surface area contributed by atoms with Crippen molar-refractivity contribution in [3.05, 3.63) is 0 Å². The minimum Gasteiger partial charge on any atom is -0.475 e. The lowest BCUT2D eigenvalue weighted by molar-refractivity contribution is -0.192. The highest BCUT2D eigenvalue weighted by Crippen LogP contribution is 2.27. The Morgan fingerprint density at radius 3 is 2.14 bits per heavy atom. The van der Waals surface area contributed by atoms with Crippen molar-refractivity contribution in [1.82, 2.24) is 15.5 Å². The Bertz CT molecular complexity index is 561. The number of amides is 2. The molecule has 0 radical (unpaired) electrons. The van der Waals surface area contributed by atoms with Crippen LogP contribution in [0, 0.1) is 11.8 Å². The lowest BCUT2D eigenvalue weighted by atomic mass is 9.97. The van der Waals surface area contributed by atoms with Gasteiger partial charge in [-0.1, -0.05) is 0 Å². The van der Waals surface area contributed by atoms with E-state index < -0.39 is 29.9 Å². The Morgan fingerprint density at radius 1 is 1.18 bits per heavy atom. The van der Waals surface area contributed by atoms with Crippen LogP contribution in [0.4, 0.5) is 13.2 Å². The van der Waals surface area contributed by atoms with Crippen LogP contribution in [0.1, 0.15) is 32.6 Å². The molecule has 28 heavy (non-hydrogen) atoms. The van der Waals surface area contributed by atoms with E-state index in [-0.39, 0.29) is 0 Å². The summed E-state index contributed by atoms with van der Waals surface area (Å²) in [5.74, 6) is -2.90. The number of halogens is 3. The first-order valence-corrected chi connectivity index (χ1v) is 9.10. The molecule has 0 aromatic heterocycles. The molecule has 1 unspecified atom stereocenters. The second-order valence-electron chi connectivity index (χ2n) is 6.99. The molecule has 3 N–H and O–H groups in total. The first-order valence-electron chi connectivity index (χ1n) is 9.10. The summed E-state index contributed by atoms with van der Waals surface area (Å²) >= 11 is 0. The second kappa shape index (κ2) is 11.0. The molecule has 2 rings (SSSR count). The van der Waals surface area contributed by atoms with Crippen LogP contribution in [0.2, 0.25) is 0 Å². The number of aliphatic carboxylic acids is 1. The van der Waals surface area contributed by atoms with Crippen LogP contribution in [-0.4, -0.2) is 72.5 Å². The van der Waals surface area contributed by atoms with Crippen molar-refractivity contribution in [1.29, 1.82) is 0 Å². The quantitative estimate of drug-likeness (QED) is 0.399. The first kappa shape index (κ1) is 23.9. The van der Waals surface area contributed by atoms with Crippen molar-refractivity contribution >= 4 is 24.1 Å². The van der Waals surface area contributed by atoms with Gasteiger partial charge in [0.05, 0.1) is 6.04 Å². The summed E-state index contributed by atoms with van der Waals surface area (Å²) in [6, 6.07) is -0.684. The van der Waals surface area contributed by atoms with Crippen LogP contribution in [0.5, 0.6) is 0 Å². The smallest absolute Gasteiger partial charge is 0.475 e. The summed E-state index contributed by atoms with van der Waals surface area (Å²) in [6.45, 7) is 4.65. The van der Waals surface area contributed by atoms with Crippen LogP contribution in [-0.2, 0) is 19.2 Å². The van der Waals surface area contributed by atoms with Crippen LogP contribution in [0.15, 0.2) is 0 Å². The summed E-state index contributed by atoms with van der Waals surface area (Å²) in [5.41, 5.74) is 0. The summed E-state index contributed by atoms with van der Waals surface area (Å²) in [6.07, 6.45) is -0.141. The fourth-order valence-electron chi connectivity index (χ4n) is 2.64. The van der Waals surface area contributed by atoms with Gasteiger partial charge in [0, 0.05) is 13.1 Å². The lowest BCUT2D eigenvalue weighted by Gasteiger charge is -2.30. The lowest BCUT2D eigenvalue weighted by Crippen LogP contribution is -2.48. The number of nitrogens with zero attached hydrogens (tertiary/aromatic N) is 1. The highest BCUT2D eigenvalue weighted by molar-refractivity contribution is 6.38. The van der Waals surface area contributed by atoms with Gasteiger partial charge in [0.15, 0.2) is 0 Å². The number of nitrogens with one attached hydrogen (secondary N) is 2. The number of carbonyl (C=O) groups excluding carboxylic acids is 3. The molecule has 160 valence electrons. The average Bonchev–Trinajstić information content (AvgIpc) is 3.48. The van der Waals surface area contributed by atoms with Gasteiger partial charge in [0.1, 0.15) is 0 Å². The minimum absolute atomic E-state index is 0.404. The summed E-state index contributed by atoms with van der Waals surface area (Å²) in [4.78, 5) is 45.5. The molecule has 0 bridgehead atoms. The Balaban J connectivity index is 0.000000480. The van der Waals surface area contributed by atoms with E-state index in [2.05, 4.69) is 10.6 Å². The zero-order chi connectivity index (χ0) is 21.3. The number of carbonyl (C=O) groups is 4. The molecule has 2 fully saturated rings. The molecule has 2 amide bonds. The Kier molecular flexibility index (Phi) is 9.36. The van der Waals surface area contributed by atoms with Crippen LogP contribution >= 0.6 is 0 Å². The number of ketones is 1. The van der Waals surface area contributed by atoms with Crippen LogP contribution in [0.3, 0.4) is 0 Å². The monoisotopic (exact) mass is 409 g/mol. The van der Waals surface area contributed by atoms with Gasteiger partial charge in [-0.05, 0) is 57.5 Å². The number of carboxylic acids is 1. The zero-order valence-corrected chi connectivity index (χ0v) is 15.6. The molecule has 1 saturated carbocycles. The molecule has 8 nitrogen and oxygen atoms in total. The van der Waals surface area contributed by atoms with E-state index in [4.69, 9.17) is 9.90 Å². The largest absolute Gasteiger partial charge is 0.490 e. The standard InChI is InChI=1S/C15H25N3O3.C2HF3O2/c1-11(14(20)15(21)17-8-12-2-3-12)18(10-19)9-13-4-6-16-7-5-13;3-2(4,5)1(6)7/h10-13,16H,2-9H2,1H3,(H,17,21);(H,6,7). The predicted octanol–water partition coefficient (Wildman–Crippen LogP) is 0.562. The van der Waals surface area contributed by atoms with Gasteiger partial charge in [-0.15, -0.1) is 0 Å². The van der Waals surface area contributed by atoms with Gasteiger partial charge >= 0.3 is 12.1 Å². The molecular formula is C17H26F3N3O5. The van der Waals surface area contributed by atoms with Crippen molar-refractivity contribution in [3.8, 4) is 0 Å². The highest BCUT2D eigenvalue weighted by atomic mass is 19.4. The Morgan fingerprint density at radius 2 is 1.71 bits per heavy atom. The fraction of sp³-hybridized carbons (Fsp3) is 0.765. The molecule has 0 aromatic rings. The molecule has 1 heterocycles. The Labute approximate surface area is 160 Å². The van der Waals surface area contributed by atoms with Crippen molar-refractivity contribution in [3.63, 3.8) is 0 Å². The van der Waals surface area contributed by atoms with E-state index >= 15 is 0 Å². The topological polar surface area (TPSA) is 116 Å². The number of rotatable bonds is 8. The summed E-state index contributed by atoms with van der Waals surface area (Å²) in [7, 11) is 0. The molecule has 0 spiro atoms. The third-order valence-electron chi connectivity index (χ3n) is 4.65. The molecule has 1 aliphatic heterocycles. The normalized spacial score (nSPS) is 18.3. The van der Waals surface area contributed by atoms with Crippen LogP contribution in [0.25, 0.3) is 0 Å². The van der Waals surface area contributed by atoms with Crippen molar-refractivity contribution in [2.75, 3.05) is 26.2 Å². The van der Waals surface area contributed by atoms with Gasteiger partial charge in [0.25, 0.3) is 5.91 Å². The third kappa shape index (κ3) is 8.68. The number of carboxylic acid groups (broad SMARTS) is 1. The molecule has 2 aliphatic rings. The van der Waals surface area contributed by atoms with E-state index in [0.29, 0.717) is 31.3 Å². The number of alkyl halides is 3. The number of hydrogen-bond donors (Lipinski definition) is 3. The third-order valence-corrected chi connectivity index (χ3v) is 4.65. The maximum absolute atomic E-state index is 12.1. The number of piperidine rings is 1. The molecular weight excluding hydrogens is 383 g/mol. The Hall–Kier alpha value is -2.17. The van der Waals surface area contributed by atoms with E-state index in [1.54, 1.807) is 6.92 Å². The van der Waals surface area contributed by atoms with Crippen molar-refractivity contribution in [2.45, 2.75) is 44.8 Å². The maximum atomic E-state index is 12.1. The van der Waals surface area contributed by atoms with E-state index in [1.807, 2.05) is 0 Å². The molecule has 1 saturated heterocycles. The minimum atomic E-state index is -5.08. The fourth-order valence-corrected chi connectivity index (χ4v) is 2.64. The molecule has 0 aromatic carbocycles. The second-order valence-corrected chi connectivity index (χ2v) is 6.99.